The van der Waals surface area contributed by atoms with Gasteiger partial charge in [-0.3, -0.25) is 15.3 Å². The van der Waals surface area contributed by atoms with Crippen LogP contribution in [0, 0.1) is 24.3 Å². The Bertz CT molecular complexity index is 907. The van der Waals surface area contributed by atoms with Crippen LogP contribution in [0.15, 0.2) is 54.6 Å². The van der Waals surface area contributed by atoms with Crippen molar-refractivity contribution in [1.29, 1.82) is 0 Å². The van der Waals surface area contributed by atoms with Crippen LogP contribution in [-0.4, -0.2) is 15.3 Å². The zero-order chi connectivity index (χ0) is 21.7. The first-order valence-electron chi connectivity index (χ1n) is 9.20. The summed E-state index contributed by atoms with van der Waals surface area (Å²) in [4.78, 5) is 4.43. The van der Waals surface area contributed by atoms with E-state index in [9.17, 15) is 10.4 Å². The smallest absolute Gasteiger partial charge is 0.0715 e. The number of rotatable bonds is 8. The van der Waals surface area contributed by atoms with Gasteiger partial charge in [-0.05, 0) is 55.3 Å². The van der Waals surface area contributed by atoms with Gasteiger partial charge >= 0.3 is 0 Å². The highest BCUT2D eigenvalue weighted by Crippen LogP contribution is 2.23. The first-order chi connectivity index (χ1) is 14.3. The lowest BCUT2D eigenvalue weighted by atomic mass is 10.2. The number of aryl methyl sites for hydroxylation is 2. The summed E-state index contributed by atoms with van der Waals surface area (Å²) in [6.07, 6.45) is 0. The van der Waals surface area contributed by atoms with E-state index in [2.05, 4.69) is 15.8 Å². The Hall–Kier alpha value is -2.39. The molecule has 0 saturated heterocycles. The molecule has 3 rings (SSSR count). The van der Waals surface area contributed by atoms with Crippen LogP contribution in [0.1, 0.15) is 22.5 Å². The van der Waals surface area contributed by atoms with Crippen molar-refractivity contribution in [3.05, 3.63) is 97.6 Å². The minimum atomic E-state index is 0.123. The molecule has 0 fully saturated rings. The van der Waals surface area contributed by atoms with Crippen LogP contribution in [0.2, 0.25) is 10.0 Å². The molecule has 0 spiro atoms. The number of hydroxylamine groups is 2. The molecule has 158 valence electrons. The maximum Gasteiger partial charge on any atom is 0.0715 e. The second-order valence-corrected chi connectivity index (χ2v) is 7.68. The summed E-state index contributed by atoms with van der Waals surface area (Å²) < 4.78 is 0. The molecule has 0 aliphatic rings. The highest BCUT2D eigenvalue weighted by atomic mass is 35.5. The number of benzene rings is 2. The molecule has 9 heteroatoms. The summed E-state index contributed by atoms with van der Waals surface area (Å²) in [6.45, 7) is 3.82. The third-order valence-corrected chi connectivity index (χ3v) is 4.88. The number of anilines is 2. The summed E-state index contributed by atoms with van der Waals surface area (Å²) >= 11 is 11.7. The molecule has 0 atom stereocenters. The number of pyridine rings is 1. The van der Waals surface area contributed by atoms with Crippen molar-refractivity contribution in [1.82, 2.24) is 15.3 Å². The molecule has 0 bridgehead atoms. The second kappa shape index (κ2) is 10.1. The maximum absolute atomic E-state index is 12.3. The average molecular weight is 446 g/mol. The lowest BCUT2D eigenvalue weighted by molar-refractivity contribution is 0.441. The normalized spacial score (nSPS) is 11.2. The van der Waals surface area contributed by atoms with Gasteiger partial charge in [0, 0.05) is 23.1 Å². The average Bonchev–Trinajstić information content (AvgIpc) is 2.69. The first-order valence-corrected chi connectivity index (χ1v) is 9.95. The molecule has 30 heavy (non-hydrogen) atoms. The van der Waals surface area contributed by atoms with Crippen molar-refractivity contribution in [3.63, 3.8) is 0 Å². The Morgan fingerprint density at radius 3 is 1.47 bits per heavy atom. The molecule has 0 saturated carbocycles. The molecule has 2 N–H and O–H groups in total. The van der Waals surface area contributed by atoms with Crippen LogP contribution >= 0.6 is 23.2 Å². The zero-order valence-electron chi connectivity index (χ0n) is 16.5. The molecule has 2 aromatic carbocycles. The number of hydrogen-bond donors (Lipinski definition) is 2. The molecule has 0 radical (unpaired) electrons. The van der Waals surface area contributed by atoms with Gasteiger partial charge in [0.15, 0.2) is 0 Å². The molecule has 1 heterocycles. The van der Waals surface area contributed by atoms with Gasteiger partial charge in [-0.25, -0.2) is 0 Å². The van der Waals surface area contributed by atoms with Crippen LogP contribution in [0.25, 0.3) is 0 Å². The van der Waals surface area contributed by atoms with E-state index in [1.807, 2.05) is 0 Å². The highest BCUT2D eigenvalue weighted by molar-refractivity contribution is 6.30. The van der Waals surface area contributed by atoms with Crippen molar-refractivity contribution in [3.8, 4) is 0 Å². The van der Waals surface area contributed by atoms with Crippen LogP contribution < -0.4 is 10.9 Å². The SMILES string of the molecule is Cc1nc(C)c(NN([O-])Cc2ccc(Cl)cc2)cc1NN([O-])Cc1ccc(Cl)cc1. The van der Waals surface area contributed by atoms with Gasteiger partial charge in [-0.2, -0.15) is 0 Å². The molecule has 0 amide bonds. The van der Waals surface area contributed by atoms with E-state index in [0.717, 1.165) is 11.1 Å². The van der Waals surface area contributed by atoms with Crippen LogP contribution in [0.3, 0.4) is 0 Å². The fourth-order valence-corrected chi connectivity index (χ4v) is 3.06. The summed E-state index contributed by atoms with van der Waals surface area (Å²) in [6, 6.07) is 15.8. The Kier molecular flexibility index (Phi) is 7.49. The molecule has 0 aliphatic carbocycles. The van der Waals surface area contributed by atoms with E-state index in [0.29, 0.717) is 43.2 Å². The Balaban J connectivity index is 1.66. The van der Waals surface area contributed by atoms with Gasteiger partial charge < -0.3 is 21.3 Å². The number of nitrogens with one attached hydrogen (secondary N) is 2. The summed E-state index contributed by atoms with van der Waals surface area (Å²) in [5.41, 5.74) is 9.48. The van der Waals surface area contributed by atoms with Crippen molar-refractivity contribution in [2.24, 2.45) is 0 Å². The number of hydrazine groups is 2. The van der Waals surface area contributed by atoms with Gasteiger partial charge in [-0.15, -0.1) is 0 Å². The van der Waals surface area contributed by atoms with Gasteiger partial charge in [0.05, 0.1) is 22.8 Å². The van der Waals surface area contributed by atoms with Gasteiger partial charge in [0.25, 0.3) is 0 Å². The van der Waals surface area contributed by atoms with Crippen molar-refractivity contribution >= 4 is 34.6 Å². The molecule has 0 unspecified atom stereocenters. The molecule has 7 nitrogen and oxygen atoms in total. The molecule has 1 aromatic heterocycles. The van der Waals surface area contributed by atoms with Gasteiger partial charge in [0.2, 0.25) is 0 Å². The fourth-order valence-electron chi connectivity index (χ4n) is 2.81. The van der Waals surface area contributed by atoms with Crippen LogP contribution in [-0.2, 0) is 13.1 Å². The third-order valence-electron chi connectivity index (χ3n) is 4.37. The van der Waals surface area contributed by atoms with E-state index < -0.39 is 0 Å². The number of hydrogen-bond acceptors (Lipinski definition) is 7. The maximum atomic E-state index is 12.3. The largest absolute Gasteiger partial charge is 0.767 e. The fraction of sp³-hybridized carbons (Fsp3) is 0.190. The van der Waals surface area contributed by atoms with Crippen molar-refractivity contribution in [2.45, 2.75) is 26.9 Å². The summed E-state index contributed by atoms with van der Waals surface area (Å²) in [7, 11) is 0. The van der Waals surface area contributed by atoms with Crippen LogP contribution in [0.5, 0.6) is 0 Å². The number of halogens is 2. The highest BCUT2D eigenvalue weighted by Gasteiger charge is 2.08. The lowest BCUT2D eigenvalue weighted by Gasteiger charge is -2.32. The predicted molar refractivity (Wildman–Crippen MR) is 122 cm³/mol. The lowest BCUT2D eigenvalue weighted by Crippen LogP contribution is -2.25. The van der Waals surface area contributed by atoms with E-state index in [1.165, 1.54) is 0 Å². The Morgan fingerprint density at radius 1 is 0.733 bits per heavy atom. The van der Waals surface area contributed by atoms with E-state index >= 15 is 0 Å². The van der Waals surface area contributed by atoms with Crippen molar-refractivity contribution in [2.75, 3.05) is 10.9 Å². The zero-order valence-corrected chi connectivity index (χ0v) is 18.0. The second-order valence-electron chi connectivity index (χ2n) is 6.80. The standard InChI is InChI=1S/C21H21Cl2N5O2/c1-14-20(25-27(29)12-16-3-7-18(22)8-4-16)11-21(15(2)24-14)26-28(30)13-17-5-9-19(23)10-6-17/h3-11,25-26H,12-13H2,1-2H3/q-2. The Labute approximate surface area is 185 Å². The monoisotopic (exact) mass is 445 g/mol. The van der Waals surface area contributed by atoms with E-state index in [1.54, 1.807) is 68.4 Å². The third kappa shape index (κ3) is 6.30. The molecule has 0 aliphatic heterocycles. The quantitative estimate of drug-likeness (QED) is 0.432. The molecular weight excluding hydrogens is 425 g/mol. The van der Waals surface area contributed by atoms with Gasteiger partial charge in [0.1, 0.15) is 0 Å². The minimum absolute atomic E-state index is 0.123. The topological polar surface area (TPSA) is 89.5 Å². The minimum Gasteiger partial charge on any atom is -0.767 e. The van der Waals surface area contributed by atoms with Gasteiger partial charge in [-0.1, -0.05) is 47.5 Å². The number of aromatic nitrogens is 1. The van der Waals surface area contributed by atoms with Crippen LogP contribution in [0.4, 0.5) is 11.4 Å². The van der Waals surface area contributed by atoms with E-state index in [-0.39, 0.29) is 13.1 Å². The Morgan fingerprint density at radius 2 is 1.10 bits per heavy atom. The summed E-state index contributed by atoms with van der Waals surface area (Å²) in [5, 5.41) is 27.3. The predicted octanol–water partition coefficient (Wildman–Crippen LogP) is 5.66. The molecule has 3 aromatic rings. The number of nitrogens with zero attached hydrogens (tertiary/aromatic N) is 3. The summed E-state index contributed by atoms with van der Waals surface area (Å²) in [5.74, 6) is 0. The van der Waals surface area contributed by atoms with Crippen molar-refractivity contribution < 1.29 is 0 Å². The van der Waals surface area contributed by atoms with E-state index in [4.69, 9.17) is 23.2 Å². The first kappa shape index (κ1) is 22.3. The molecular formula is C21H21Cl2N5O2-2.